The van der Waals surface area contributed by atoms with Crippen molar-refractivity contribution in [2.75, 3.05) is 0 Å². The van der Waals surface area contributed by atoms with E-state index in [0.717, 1.165) is 12.3 Å². The third kappa shape index (κ3) is 1.37. The fourth-order valence-electron chi connectivity index (χ4n) is 0.555. The van der Waals surface area contributed by atoms with E-state index in [9.17, 15) is 9.18 Å². The van der Waals surface area contributed by atoms with Crippen molar-refractivity contribution in [1.29, 1.82) is 0 Å². The zero-order valence-corrected chi connectivity index (χ0v) is 5.39. The van der Waals surface area contributed by atoms with Crippen molar-refractivity contribution < 1.29 is 9.18 Å². The minimum atomic E-state index is -0.555. The van der Waals surface area contributed by atoms with Crippen LogP contribution in [0.5, 0.6) is 0 Å². The second kappa shape index (κ2) is 2.56. The lowest BCUT2D eigenvalue weighted by molar-refractivity contribution is 0.101. The van der Waals surface area contributed by atoms with Gasteiger partial charge in [-0.3, -0.25) is 9.78 Å². The lowest BCUT2D eigenvalue weighted by Gasteiger charge is -1.90. The zero-order valence-electron chi connectivity index (χ0n) is 5.39. The van der Waals surface area contributed by atoms with Crippen LogP contribution in [0.25, 0.3) is 0 Å². The van der Waals surface area contributed by atoms with E-state index in [-0.39, 0.29) is 11.5 Å². The molecular formula is C7H5FNO. The molecule has 1 heterocycles. The summed E-state index contributed by atoms with van der Waals surface area (Å²) in [5.41, 5.74) is 0.135. The summed E-state index contributed by atoms with van der Waals surface area (Å²) in [7, 11) is 0. The molecule has 3 heteroatoms. The normalized spacial score (nSPS) is 9.40. The number of carbonyl (C=O) groups excluding carboxylic acids is 1. The van der Waals surface area contributed by atoms with Crippen LogP contribution >= 0.6 is 0 Å². The predicted octanol–water partition coefficient (Wildman–Crippen LogP) is 1.22. The highest BCUT2D eigenvalue weighted by Gasteiger charge is 2.00. The number of pyridine rings is 1. The van der Waals surface area contributed by atoms with Gasteiger partial charge in [0.1, 0.15) is 11.5 Å². The molecule has 0 aliphatic heterocycles. The Balaban J connectivity index is 3.07. The van der Waals surface area contributed by atoms with Gasteiger partial charge in [-0.05, 0) is 0 Å². The van der Waals surface area contributed by atoms with E-state index in [1.165, 1.54) is 6.92 Å². The number of hydrogen-bond acceptors (Lipinski definition) is 2. The second-order valence-corrected chi connectivity index (χ2v) is 1.84. The van der Waals surface area contributed by atoms with Crippen LogP contribution in [0.4, 0.5) is 4.39 Å². The molecule has 0 spiro atoms. The second-order valence-electron chi connectivity index (χ2n) is 1.84. The van der Waals surface area contributed by atoms with Crippen molar-refractivity contribution in [2.24, 2.45) is 0 Å². The summed E-state index contributed by atoms with van der Waals surface area (Å²) >= 11 is 0. The lowest BCUT2D eigenvalue weighted by atomic mass is 10.3. The standard InChI is InChI=1S/C7H5FNO/c1-5(10)7-4-6(8)2-3-9-7/h3-4H,1H3. The van der Waals surface area contributed by atoms with Crippen LogP contribution in [0.15, 0.2) is 12.3 Å². The number of rotatable bonds is 1. The largest absolute Gasteiger partial charge is 0.293 e. The molecule has 1 radical (unpaired) electrons. The number of carbonyl (C=O) groups is 1. The van der Waals surface area contributed by atoms with Crippen molar-refractivity contribution in [3.05, 3.63) is 29.8 Å². The van der Waals surface area contributed by atoms with Gasteiger partial charge in [0.25, 0.3) is 0 Å². The number of nitrogens with zero attached hydrogens (tertiary/aromatic N) is 1. The monoisotopic (exact) mass is 138 g/mol. The molecule has 0 saturated carbocycles. The maximum Gasteiger partial charge on any atom is 0.178 e. The van der Waals surface area contributed by atoms with Gasteiger partial charge >= 0.3 is 0 Å². The molecule has 2 nitrogen and oxygen atoms in total. The fraction of sp³-hybridized carbons (Fsp3) is 0.143. The molecule has 1 rings (SSSR count). The van der Waals surface area contributed by atoms with Gasteiger partial charge in [-0.1, -0.05) is 0 Å². The van der Waals surface area contributed by atoms with Crippen molar-refractivity contribution in [3.63, 3.8) is 0 Å². The predicted molar refractivity (Wildman–Crippen MR) is 33.0 cm³/mol. The minimum Gasteiger partial charge on any atom is -0.293 e. The summed E-state index contributed by atoms with van der Waals surface area (Å²) in [5.74, 6) is -0.798. The highest BCUT2D eigenvalue weighted by molar-refractivity contribution is 5.91. The molecule has 0 aromatic carbocycles. The van der Waals surface area contributed by atoms with Crippen LogP contribution in [0, 0.1) is 11.9 Å². The summed E-state index contributed by atoms with van der Waals surface area (Å²) in [6.07, 6.45) is 1.14. The smallest absolute Gasteiger partial charge is 0.178 e. The molecule has 0 fully saturated rings. The van der Waals surface area contributed by atoms with E-state index in [1.54, 1.807) is 0 Å². The molecule has 1 aromatic rings. The van der Waals surface area contributed by atoms with E-state index < -0.39 is 5.82 Å². The van der Waals surface area contributed by atoms with Gasteiger partial charge in [-0.2, -0.15) is 0 Å². The Hall–Kier alpha value is -1.25. The van der Waals surface area contributed by atoms with Crippen molar-refractivity contribution in [1.82, 2.24) is 4.98 Å². The summed E-state index contributed by atoms with van der Waals surface area (Å²) in [6, 6.07) is 3.25. The topological polar surface area (TPSA) is 30.0 Å². The van der Waals surface area contributed by atoms with E-state index in [1.807, 2.05) is 0 Å². The maximum absolute atomic E-state index is 12.3. The van der Waals surface area contributed by atoms with Gasteiger partial charge in [0.15, 0.2) is 5.78 Å². The highest BCUT2D eigenvalue weighted by atomic mass is 19.1. The first-order chi connectivity index (χ1) is 4.70. The zero-order chi connectivity index (χ0) is 7.56. The van der Waals surface area contributed by atoms with Crippen LogP contribution in [-0.4, -0.2) is 10.8 Å². The Morgan fingerprint density at radius 3 is 2.90 bits per heavy atom. The number of ketones is 1. The quantitative estimate of drug-likeness (QED) is 0.546. The summed E-state index contributed by atoms with van der Waals surface area (Å²) < 4.78 is 12.3. The molecule has 0 aliphatic carbocycles. The SMILES string of the molecule is CC(=O)c1cc(F)[c]cn1. The number of aromatic nitrogens is 1. The first-order valence-electron chi connectivity index (χ1n) is 2.74. The molecular weight excluding hydrogens is 133 g/mol. The number of hydrogen-bond donors (Lipinski definition) is 0. The van der Waals surface area contributed by atoms with Gasteiger partial charge in [-0.25, -0.2) is 4.39 Å². The van der Waals surface area contributed by atoms with Crippen LogP contribution in [0.2, 0.25) is 0 Å². The molecule has 0 amide bonds. The average molecular weight is 138 g/mol. The first kappa shape index (κ1) is 6.86. The minimum absolute atomic E-state index is 0.135. The van der Waals surface area contributed by atoms with Crippen LogP contribution < -0.4 is 0 Å². The number of Topliss-reactive ketones (excluding diaryl/α,β-unsaturated/α-hetero) is 1. The van der Waals surface area contributed by atoms with Crippen LogP contribution in [0.1, 0.15) is 17.4 Å². The Morgan fingerprint density at radius 1 is 1.80 bits per heavy atom. The van der Waals surface area contributed by atoms with Gasteiger partial charge < -0.3 is 0 Å². The van der Waals surface area contributed by atoms with Crippen molar-refractivity contribution >= 4 is 5.78 Å². The Bertz CT molecular complexity index is 260. The molecule has 10 heavy (non-hydrogen) atoms. The van der Waals surface area contributed by atoms with Crippen molar-refractivity contribution in [2.45, 2.75) is 6.92 Å². The molecule has 0 unspecified atom stereocenters. The maximum atomic E-state index is 12.3. The molecule has 0 saturated heterocycles. The fourth-order valence-corrected chi connectivity index (χ4v) is 0.555. The van der Waals surface area contributed by atoms with Crippen LogP contribution in [-0.2, 0) is 0 Å². The van der Waals surface area contributed by atoms with Gasteiger partial charge in [0.05, 0.1) is 0 Å². The van der Waals surface area contributed by atoms with Gasteiger partial charge in [0.2, 0.25) is 0 Å². The Morgan fingerprint density at radius 2 is 2.50 bits per heavy atom. The van der Waals surface area contributed by atoms with E-state index >= 15 is 0 Å². The van der Waals surface area contributed by atoms with E-state index in [0.29, 0.717) is 0 Å². The number of halogens is 1. The summed E-state index contributed by atoms with van der Waals surface area (Å²) in [5, 5.41) is 0. The third-order valence-electron chi connectivity index (χ3n) is 1.03. The summed E-state index contributed by atoms with van der Waals surface area (Å²) in [4.78, 5) is 14.1. The Labute approximate surface area is 57.7 Å². The molecule has 0 aliphatic rings. The molecule has 0 bridgehead atoms. The molecule has 0 N–H and O–H groups in total. The average Bonchev–Trinajstić information content (AvgIpc) is 1.88. The van der Waals surface area contributed by atoms with Gasteiger partial charge in [0, 0.05) is 25.3 Å². The van der Waals surface area contributed by atoms with Crippen molar-refractivity contribution in [3.8, 4) is 0 Å². The first-order valence-corrected chi connectivity index (χ1v) is 2.74. The van der Waals surface area contributed by atoms with Gasteiger partial charge in [-0.15, -0.1) is 0 Å². The highest BCUT2D eigenvalue weighted by Crippen LogP contribution is 1.98. The Kier molecular flexibility index (Phi) is 1.76. The van der Waals surface area contributed by atoms with E-state index in [4.69, 9.17) is 0 Å². The van der Waals surface area contributed by atoms with E-state index in [2.05, 4.69) is 11.1 Å². The molecule has 51 valence electrons. The van der Waals surface area contributed by atoms with Crippen LogP contribution in [0.3, 0.4) is 0 Å². The third-order valence-corrected chi connectivity index (χ3v) is 1.03. The molecule has 1 aromatic heterocycles. The molecule has 0 atom stereocenters. The summed E-state index contributed by atoms with van der Waals surface area (Å²) in [6.45, 7) is 1.34. The lowest BCUT2D eigenvalue weighted by Crippen LogP contribution is -1.96.